The molecule has 0 radical (unpaired) electrons. The van der Waals surface area contributed by atoms with Crippen LogP contribution in [0.1, 0.15) is 31.7 Å². The molecular formula is C14H15BrClNO2. The Balaban J connectivity index is 2.40. The number of rotatable bonds is 2. The quantitative estimate of drug-likeness (QED) is 0.835. The standard InChI is InChI=1S/C14H15BrClNO2/c1-7(2)13-9(6-12(18)17-14(13)19)8-3-4-11(16)10(15)5-8/h3-5,7,9,13H,6H2,1-2H3,(H,17,18,19). The molecule has 1 aliphatic rings. The lowest BCUT2D eigenvalue weighted by atomic mass is 9.75. The maximum Gasteiger partial charge on any atom is 0.230 e. The summed E-state index contributed by atoms with van der Waals surface area (Å²) >= 11 is 9.37. The first kappa shape index (κ1) is 14.5. The van der Waals surface area contributed by atoms with Gasteiger partial charge in [0, 0.05) is 22.7 Å². The molecule has 0 spiro atoms. The van der Waals surface area contributed by atoms with Crippen LogP contribution in [0.5, 0.6) is 0 Å². The molecule has 0 aromatic heterocycles. The van der Waals surface area contributed by atoms with Crippen molar-refractivity contribution in [2.45, 2.75) is 26.2 Å². The highest BCUT2D eigenvalue weighted by Crippen LogP contribution is 2.38. The number of carbonyl (C=O) groups is 2. The Morgan fingerprint density at radius 1 is 1.37 bits per heavy atom. The van der Waals surface area contributed by atoms with Crippen LogP contribution in [0.2, 0.25) is 5.02 Å². The van der Waals surface area contributed by atoms with Crippen LogP contribution in [0.15, 0.2) is 22.7 Å². The third-order valence-electron chi connectivity index (χ3n) is 3.49. The molecule has 102 valence electrons. The van der Waals surface area contributed by atoms with Crippen molar-refractivity contribution in [2.75, 3.05) is 0 Å². The first-order valence-electron chi connectivity index (χ1n) is 6.18. The van der Waals surface area contributed by atoms with Gasteiger partial charge in [0.2, 0.25) is 11.8 Å². The molecule has 2 unspecified atom stereocenters. The average molecular weight is 345 g/mol. The molecule has 2 amide bonds. The van der Waals surface area contributed by atoms with Crippen molar-refractivity contribution in [3.05, 3.63) is 33.3 Å². The fourth-order valence-electron chi connectivity index (χ4n) is 2.62. The van der Waals surface area contributed by atoms with Crippen molar-refractivity contribution in [1.82, 2.24) is 5.32 Å². The van der Waals surface area contributed by atoms with E-state index < -0.39 is 0 Å². The second kappa shape index (κ2) is 5.63. The van der Waals surface area contributed by atoms with Crippen LogP contribution in [0.4, 0.5) is 0 Å². The average Bonchev–Trinajstić information content (AvgIpc) is 2.31. The first-order valence-corrected chi connectivity index (χ1v) is 7.36. The van der Waals surface area contributed by atoms with Gasteiger partial charge in [-0.3, -0.25) is 14.9 Å². The number of carbonyl (C=O) groups excluding carboxylic acids is 2. The molecule has 1 aromatic carbocycles. The SMILES string of the molecule is CC(C)C1C(=O)NC(=O)CC1c1ccc(Cl)c(Br)c1. The van der Waals surface area contributed by atoms with Gasteiger partial charge in [0.15, 0.2) is 0 Å². The molecular weight excluding hydrogens is 330 g/mol. The lowest BCUT2D eigenvalue weighted by Gasteiger charge is -2.33. The minimum absolute atomic E-state index is 0.0881. The van der Waals surface area contributed by atoms with Crippen molar-refractivity contribution in [3.8, 4) is 0 Å². The minimum atomic E-state index is -0.210. The van der Waals surface area contributed by atoms with E-state index in [4.69, 9.17) is 11.6 Å². The van der Waals surface area contributed by atoms with Gasteiger partial charge in [-0.05, 0) is 39.5 Å². The van der Waals surface area contributed by atoms with E-state index in [0.717, 1.165) is 10.0 Å². The number of nitrogens with one attached hydrogen (secondary N) is 1. The summed E-state index contributed by atoms with van der Waals surface area (Å²) in [5, 5.41) is 3.04. The Morgan fingerprint density at radius 3 is 2.63 bits per heavy atom. The van der Waals surface area contributed by atoms with Crippen LogP contribution < -0.4 is 5.32 Å². The van der Waals surface area contributed by atoms with E-state index in [9.17, 15) is 9.59 Å². The lowest BCUT2D eigenvalue weighted by molar-refractivity contribution is -0.138. The molecule has 19 heavy (non-hydrogen) atoms. The number of halogens is 2. The molecule has 1 saturated heterocycles. The Labute approximate surface area is 125 Å². The number of amides is 2. The maximum absolute atomic E-state index is 12.0. The zero-order valence-corrected chi connectivity index (χ0v) is 13.1. The van der Waals surface area contributed by atoms with Gasteiger partial charge < -0.3 is 0 Å². The van der Waals surface area contributed by atoms with Gasteiger partial charge in [-0.2, -0.15) is 0 Å². The second-order valence-electron chi connectivity index (χ2n) is 5.17. The van der Waals surface area contributed by atoms with Gasteiger partial charge in [-0.15, -0.1) is 0 Å². The smallest absolute Gasteiger partial charge is 0.230 e. The van der Waals surface area contributed by atoms with Crippen LogP contribution in [-0.4, -0.2) is 11.8 Å². The number of imide groups is 1. The fraction of sp³-hybridized carbons (Fsp3) is 0.429. The summed E-state index contributed by atoms with van der Waals surface area (Å²) in [6.45, 7) is 4.00. The Morgan fingerprint density at radius 2 is 2.05 bits per heavy atom. The van der Waals surface area contributed by atoms with Crippen molar-refractivity contribution in [1.29, 1.82) is 0 Å². The Kier molecular flexibility index (Phi) is 4.31. The molecule has 0 aliphatic carbocycles. The number of hydrogen-bond donors (Lipinski definition) is 1. The summed E-state index contributed by atoms with van der Waals surface area (Å²) < 4.78 is 0.785. The zero-order chi connectivity index (χ0) is 14.2. The van der Waals surface area contributed by atoms with E-state index >= 15 is 0 Å². The van der Waals surface area contributed by atoms with Crippen molar-refractivity contribution in [3.63, 3.8) is 0 Å². The normalized spacial score (nSPS) is 23.6. The summed E-state index contributed by atoms with van der Waals surface area (Å²) in [5.41, 5.74) is 0.971. The van der Waals surface area contributed by atoms with Crippen molar-refractivity contribution >= 4 is 39.3 Å². The highest BCUT2D eigenvalue weighted by Gasteiger charge is 2.38. The summed E-state index contributed by atoms with van der Waals surface area (Å²) in [5.74, 6) is -0.492. The van der Waals surface area contributed by atoms with Crippen LogP contribution in [0.3, 0.4) is 0 Å². The maximum atomic E-state index is 12.0. The summed E-state index contributed by atoms with van der Waals surface area (Å²) in [4.78, 5) is 23.6. The van der Waals surface area contributed by atoms with E-state index in [1.807, 2.05) is 26.0 Å². The second-order valence-corrected chi connectivity index (χ2v) is 6.43. The molecule has 2 rings (SSSR count). The lowest BCUT2D eigenvalue weighted by Crippen LogP contribution is -2.46. The highest BCUT2D eigenvalue weighted by molar-refractivity contribution is 9.10. The molecule has 1 heterocycles. The largest absolute Gasteiger partial charge is 0.296 e. The molecule has 1 aromatic rings. The Hall–Kier alpha value is -0.870. The first-order chi connectivity index (χ1) is 8.90. The van der Waals surface area contributed by atoms with E-state index in [2.05, 4.69) is 21.2 Å². The zero-order valence-electron chi connectivity index (χ0n) is 10.7. The van der Waals surface area contributed by atoms with Crippen LogP contribution in [0.25, 0.3) is 0 Å². The van der Waals surface area contributed by atoms with E-state index in [-0.39, 0.29) is 29.6 Å². The molecule has 1 aliphatic heterocycles. The van der Waals surface area contributed by atoms with Gasteiger partial charge in [0.25, 0.3) is 0 Å². The van der Waals surface area contributed by atoms with Crippen LogP contribution in [0, 0.1) is 11.8 Å². The predicted octanol–water partition coefficient (Wildman–Crippen LogP) is 3.50. The van der Waals surface area contributed by atoms with Crippen molar-refractivity contribution < 1.29 is 9.59 Å². The predicted molar refractivity (Wildman–Crippen MR) is 78.0 cm³/mol. The van der Waals surface area contributed by atoms with E-state index in [0.29, 0.717) is 11.4 Å². The van der Waals surface area contributed by atoms with Gasteiger partial charge in [-0.25, -0.2) is 0 Å². The highest BCUT2D eigenvalue weighted by atomic mass is 79.9. The number of hydrogen-bond acceptors (Lipinski definition) is 2. The van der Waals surface area contributed by atoms with E-state index in [1.54, 1.807) is 6.07 Å². The molecule has 3 nitrogen and oxygen atoms in total. The summed E-state index contributed by atoms with van der Waals surface area (Å²) in [6.07, 6.45) is 0.336. The molecule has 0 bridgehead atoms. The van der Waals surface area contributed by atoms with Gasteiger partial charge in [-0.1, -0.05) is 31.5 Å². The fourth-order valence-corrected chi connectivity index (χ4v) is 3.13. The van der Waals surface area contributed by atoms with E-state index in [1.165, 1.54) is 0 Å². The summed E-state index contributed by atoms with van der Waals surface area (Å²) in [6, 6.07) is 5.57. The molecule has 2 atom stereocenters. The molecule has 1 fully saturated rings. The van der Waals surface area contributed by atoms with Gasteiger partial charge in [0.05, 0.1) is 5.02 Å². The monoisotopic (exact) mass is 343 g/mol. The van der Waals surface area contributed by atoms with Crippen LogP contribution >= 0.6 is 27.5 Å². The number of piperidine rings is 1. The summed E-state index contributed by atoms with van der Waals surface area (Å²) in [7, 11) is 0. The third-order valence-corrected chi connectivity index (χ3v) is 4.71. The van der Waals surface area contributed by atoms with Crippen molar-refractivity contribution in [2.24, 2.45) is 11.8 Å². The van der Waals surface area contributed by atoms with Crippen LogP contribution in [-0.2, 0) is 9.59 Å². The minimum Gasteiger partial charge on any atom is -0.296 e. The molecule has 1 N–H and O–H groups in total. The molecule has 0 saturated carbocycles. The number of benzene rings is 1. The topological polar surface area (TPSA) is 46.2 Å². The van der Waals surface area contributed by atoms with Gasteiger partial charge in [0.1, 0.15) is 0 Å². The van der Waals surface area contributed by atoms with Gasteiger partial charge >= 0.3 is 0 Å². The third kappa shape index (κ3) is 3.00. The Bertz CT molecular complexity index is 530. The molecule has 5 heteroatoms.